The summed E-state index contributed by atoms with van der Waals surface area (Å²) < 4.78 is 5.82. The zero-order valence-corrected chi connectivity index (χ0v) is 17.4. The van der Waals surface area contributed by atoms with Gasteiger partial charge >= 0.3 is 5.97 Å². The van der Waals surface area contributed by atoms with E-state index < -0.39 is 11.1 Å². The lowest BCUT2D eigenvalue weighted by molar-refractivity contribution is -0.163. The lowest BCUT2D eigenvalue weighted by atomic mass is 9.83. The molecular formula is C20H28N4O2S. The van der Waals surface area contributed by atoms with Crippen LogP contribution in [0, 0.1) is 5.92 Å². The predicted molar refractivity (Wildman–Crippen MR) is 105 cm³/mol. The SMILES string of the molecule is CC(C)C[C@@]1(C(=O)OC(C)(C)C)C[C@H](c2cccnn2)[C@H](c2nccs2)N1. The quantitative estimate of drug-likeness (QED) is 0.784. The van der Waals surface area contributed by atoms with Crippen LogP contribution in [0.25, 0.3) is 0 Å². The van der Waals surface area contributed by atoms with Gasteiger partial charge in [0.15, 0.2) is 0 Å². The van der Waals surface area contributed by atoms with Gasteiger partial charge in [-0.1, -0.05) is 13.8 Å². The van der Waals surface area contributed by atoms with E-state index in [2.05, 4.69) is 34.3 Å². The second-order valence-electron chi connectivity index (χ2n) is 8.63. The average molecular weight is 389 g/mol. The zero-order valence-electron chi connectivity index (χ0n) is 16.6. The number of nitrogens with zero attached hydrogens (tertiary/aromatic N) is 3. The maximum Gasteiger partial charge on any atom is 0.326 e. The molecule has 1 aliphatic rings. The number of rotatable bonds is 5. The maximum atomic E-state index is 13.3. The van der Waals surface area contributed by atoms with E-state index in [1.54, 1.807) is 23.7 Å². The van der Waals surface area contributed by atoms with Crippen LogP contribution in [0.3, 0.4) is 0 Å². The molecule has 0 unspecified atom stereocenters. The Kier molecular flexibility index (Phi) is 5.63. The molecule has 3 heterocycles. The van der Waals surface area contributed by atoms with Crippen LogP contribution in [0.2, 0.25) is 0 Å². The van der Waals surface area contributed by atoms with Gasteiger partial charge in [-0.15, -0.1) is 11.3 Å². The molecule has 1 fully saturated rings. The van der Waals surface area contributed by atoms with E-state index in [-0.39, 0.29) is 17.9 Å². The molecule has 0 aliphatic carbocycles. The van der Waals surface area contributed by atoms with Crippen LogP contribution in [-0.2, 0) is 9.53 Å². The fraction of sp³-hybridized carbons (Fsp3) is 0.600. The fourth-order valence-corrected chi connectivity index (χ4v) is 4.55. The first kappa shape index (κ1) is 19.9. The van der Waals surface area contributed by atoms with E-state index in [1.165, 1.54) is 0 Å². The molecule has 1 saturated heterocycles. The van der Waals surface area contributed by atoms with Gasteiger partial charge in [0, 0.05) is 23.7 Å². The third kappa shape index (κ3) is 4.52. The molecule has 0 spiro atoms. The van der Waals surface area contributed by atoms with Crippen molar-refractivity contribution >= 4 is 17.3 Å². The van der Waals surface area contributed by atoms with Gasteiger partial charge in [0.25, 0.3) is 0 Å². The summed E-state index contributed by atoms with van der Waals surface area (Å²) in [6, 6.07) is 3.77. The summed E-state index contributed by atoms with van der Waals surface area (Å²) in [4.78, 5) is 17.8. The van der Waals surface area contributed by atoms with E-state index in [0.29, 0.717) is 18.8 Å². The Morgan fingerprint density at radius 1 is 1.41 bits per heavy atom. The van der Waals surface area contributed by atoms with E-state index in [9.17, 15) is 4.79 Å². The van der Waals surface area contributed by atoms with Crippen molar-refractivity contribution in [1.82, 2.24) is 20.5 Å². The highest BCUT2D eigenvalue weighted by Crippen LogP contribution is 2.47. The Balaban J connectivity index is 2.00. The van der Waals surface area contributed by atoms with E-state index >= 15 is 0 Å². The van der Waals surface area contributed by atoms with E-state index in [4.69, 9.17) is 4.74 Å². The summed E-state index contributed by atoms with van der Waals surface area (Å²) in [5, 5.41) is 14.9. The van der Waals surface area contributed by atoms with Crippen molar-refractivity contribution in [3.63, 3.8) is 0 Å². The van der Waals surface area contributed by atoms with Crippen LogP contribution in [0.5, 0.6) is 0 Å². The van der Waals surface area contributed by atoms with Crippen molar-refractivity contribution in [2.75, 3.05) is 0 Å². The third-order valence-corrected chi connectivity index (χ3v) is 5.50. The molecule has 0 saturated carbocycles. The summed E-state index contributed by atoms with van der Waals surface area (Å²) in [5.41, 5.74) is -0.427. The lowest BCUT2D eigenvalue weighted by Crippen LogP contribution is -2.52. The lowest BCUT2D eigenvalue weighted by Gasteiger charge is -2.33. The van der Waals surface area contributed by atoms with Crippen molar-refractivity contribution < 1.29 is 9.53 Å². The second kappa shape index (κ2) is 7.64. The molecule has 0 bridgehead atoms. The van der Waals surface area contributed by atoms with Gasteiger partial charge in [0.1, 0.15) is 16.1 Å². The highest BCUT2D eigenvalue weighted by atomic mass is 32.1. The number of nitrogens with one attached hydrogen (secondary N) is 1. The number of ether oxygens (including phenoxy) is 1. The van der Waals surface area contributed by atoms with Crippen LogP contribution < -0.4 is 5.32 Å². The van der Waals surface area contributed by atoms with Crippen LogP contribution in [0.4, 0.5) is 0 Å². The summed E-state index contributed by atoms with van der Waals surface area (Å²) in [5.74, 6) is 0.148. The van der Waals surface area contributed by atoms with Crippen LogP contribution in [0.15, 0.2) is 29.9 Å². The first-order chi connectivity index (χ1) is 12.7. The van der Waals surface area contributed by atoms with Gasteiger partial charge in [0.05, 0.1) is 11.7 Å². The van der Waals surface area contributed by atoms with E-state index in [1.807, 2.05) is 38.3 Å². The number of hydrogen-bond acceptors (Lipinski definition) is 7. The number of esters is 1. The molecule has 0 aromatic carbocycles. The second-order valence-corrected chi connectivity index (χ2v) is 9.56. The highest BCUT2D eigenvalue weighted by molar-refractivity contribution is 7.09. The van der Waals surface area contributed by atoms with Gasteiger partial charge in [0.2, 0.25) is 0 Å². The highest BCUT2D eigenvalue weighted by Gasteiger charge is 2.53. The number of carbonyl (C=O) groups is 1. The molecule has 3 atom stereocenters. The first-order valence-corrected chi connectivity index (χ1v) is 10.3. The van der Waals surface area contributed by atoms with Crippen LogP contribution in [0.1, 0.15) is 70.1 Å². The topological polar surface area (TPSA) is 77.0 Å². The maximum absolute atomic E-state index is 13.3. The molecular weight excluding hydrogens is 360 g/mol. The Morgan fingerprint density at radius 2 is 2.19 bits per heavy atom. The summed E-state index contributed by atoms with van der Waals surface area (Å²) >= 11 is 1.59. The van der Waals surface area contributed by atoms with Gasteiger partial charge < -0.3 is 4.74 Å². The minimum atomic E-state index is -0.764. The average Bonchev–Trinajstić information content (AvgIpc) is 3.21. The molecule has 1 N–H and O–H groups in total. The van der Waals surface area contributed by atoms with Crippen molar-refractivity contribution in [2.24, 2.45) is 5.92 Å². The van der Waals surface area contributed by atoms with Gasteiger partial charge in [-0.2, -0.15) is 10.2 Å². The molecule has 1 aliphatic heterocycles. The normalized spacial score (nSPS) is 25.7. The minimum absolute atomic E-state index is 0.0103. The molecule has 7 heteroatoms. The Morgan fingerprint density at radius 3 is 2.74 bits per heavy atom. The molecule has 0 amide bonds. The van der Waals surface area contributed by atoms with Crippen molar-refractivity contribution in [2.45, 2.75) is 70.6 Å². The Hall–Kier alpha value is -1.86. The number of thiazole rings is 1. The molecule has 2 aromatic rings. The summed E-state index contributed by atoms with van der Waals surface area (Å²) in [7, 11) is 0. The first-order valence-electron chi connectivity index (χ1n) is 9.38. The molecule has 6 nitrogen and oxygen atoms in total. The molecule has 146 valence electrons. The Bertz CT molecular complexity index is 758. The Labute approximate surface area is 164 Å². The van der Waals surface area contributed by atoms with Gasteiger partial charge in [-0.3, -0.25) is 10.1 Å². The smallest absolute Gasteiger partial charge is 0.326 e. The van der Waals surface area contributed by atoms with E-state index in [0.717, 1.165) is 10.7 Å². The van der Waals surface area contributed by atoms with Crippen molar-refractivity contribution in [1.29, 1.82) is 0 Å². The zero-order chi connectivity index (χ0) is 19.7. The molecule has 2 aromatic heterocycles. The number of hydrogen-bond donors (Lipinski definition) is 1. The number of aromatic nitrogens is 3. The summed E-state index contributed by atoms with van der Waals surface area (Å²) in [6.07, 6.45) is 4.77. The molecule has 3 rings (SSSR count). The third-order valence-electron chi connectivity index (χ3n) is 4.64. The monoisotopic (exact) mass is 388 g/mol. The number of carbonyl (C=O) groups excluding carboxylic acids is 1. The molecule has 27 heavy (non-hydrogen) atoms. The minimum Gasteiger partial charge on any atom is -0.459 e. The molecule has 0 radical (unpaired) electrons. The summed E-state index contributed by atoms with van der Waals surface area (Å²) in [6.45, 7) is 9.97. The van der Waals surface area contributed by atoms with Crippen LogP contribution in [-0.4, -0.2) is 32.3 Å². The van der Waals surface area contributed by atoms with Crippen molar-refractivity contribution in [3.05, 3.63) is 40.6 Å². The van der Waals surface area contributed by atoms with Crippen LogP contribution >= 0.6 is 11.3 Å². The predicted octanol–water partition coefficient (Wildman–Crippen LogP) is 3.88. The van der Waals surface area contributed by atoms with Crippen molar-refractivity contribution in [3.8, 4) is 0 Å². The standard InChI is InChI=1S/C20H28N4O2S/c1-13(2)11-20(18(25)26-19(3,4)5)12-14(15-7-6-8-22-24-15)16(23-20)17-21-9-10-27-17/h6-10,13-14,16,23H,11-12H2,1-5H3/t14-,16-,20+/m1/s1. The fourth-order valence-electron chi connectivity index (χ4n) is 3.80. The van der Waals surface area contributed by atoms with Gasteiger partial charge in [-0.25, -0.2) is 4.98 Å². The largest absolute Gasteiger partial charge is 0.459 e. The van der Waals surface area contributed by atoms with Gasteiger partial charge in [-0.05, 0) is 51.7 Å².